The summed E-state index contributed by atoms with van der Waals surface area (Å²) in [6.07, 6.45) is 0.522. The Hall–Kier alpha value is -2.34. The van der Waals surface area contributed by atoms with Gasteiger partial charge in [-0.25, -0.2) is 0 Å². The smallest absolute Gasteiger partial charge is 0.261 e. The van der Waals surface area contributed by atoms with Crippen LogP contribution >= 0.6 is 15.9 Å². The highest BCUT2D eigenvalue weighted by molar-refractivity contribution is 9.10. The zero-order chi connectivity index (χ0) is 21.6. The number of hydrogen-bond donors (Lipinski definition) is 1. The first-order valence-corrected chi connectivity index (χ1v) is 10.5. The van der Waals surface area contributed by atoms with Gasteiger partial charge in [0.25, 0.3) is 5.91 Å². The van der Waals surface area contributed by atoms with E-state index in [0.29, 0.717) is 18.7 Å². The SMILES string of the molecule is CC[C@H](C(=O)NC)N(Cc1ccccc1C)C(=O)COc1cc(C)c(Br)c(C)c1. The van der Waals surface area contributed by atoms with Gasteiger partial charge in [-0.05, 0) is 61.6 Å². The van der Waals surface area contributed by atoms with E-state index in [2.05, 4.69) is 21.2 Å². The molecule has 2 aromatic rings. The molecule has 1 atom stereocenters. The quantitative estimate of drug-likeness (QED) is 0.638. The van der Waals surface area contributed by atoms with Gasteiger partial charge in [0.05, 0.1) is 0 Å². The Morgan fingerprint density at radius 2 is 1.72 bits per heavy atom. The summed E-state index contributed by atoms with van der Waals surface area (Å²) < 4.78 is 6.83. The highest BCUT2D eigenvalue weighted by atomic mass is 79.9. The van der Waals surface area contributed by atoms with Crippen LogP contribution in [0.25, 0.3) is 0 Å². The summed E-state index contributed by atoms with van der Waals surface area (Å²) in [4.78, 5) is 27.1. The van der Waals surface area contributed by atoms with Crippen LogP contribution in [0, 0.1) is 20.8 Å². The lowest BCUT2D eigenvalue weighted by Gasteiger charge is -2.30. The van der Waals surface area contributed by atoms with Crippen LogP contribution in [-0.2, 0) is 16.1 Å². The summed E-state index contributed by atoms with van der Waals surface area (Å²) in [6, 6.07) is 11.1. The topological polar surface area (TPSA) is 58.6 Å². The summed E-state index contributed by atoms with van der Waals surface area (Å²) in [5.74, 6) is 0.243. The first-order chi connectivity index (χ1) is 13.8. The minimum absolute atomic E-state index is 0.125. The van der Waals surface area contributed by atoms with E-state index in [1.807, 2.05) is 64.1 Å². The fraction of sp³-hybridized carbons (Fsp3) is 0.391. The van der Waals surface area contributed by atoms with Crippen molar-refractivity contribution < 1.29 is 14.3 Å². The lowest BCUT2D eigenvalue weighted by molar-refractivity contribution is -0.142. The number of benzene rings is 2. The molecule has 0 bridgehead atoms. The third-order valence-corrected chi connectivity index (χ3v) is 6.26. The summed E-state index contributed by atoms with van der Waals surface area (Å²) in [5, 5.41) is 2.67. The molecular weight excluding hydrogens is 432 g/mol. The number of nitrogens with one attached hydrogen (secondary N) is 1. The maximum Gasteiger partial charge on any atom is 0.261 e. The summed E-state index contributed by atoms with van der Waals surface area (Å²) in [6.45, 7) is 8.10. The Labute approximate surface area is 181 Å². The molecule has 0 unspecified atom stereocenters. The van der Waals surface area contributed by atoms with Crippen LogP contribution < -0.4 is 10.1 Å². The van der Waals surface area contributed by atoms with Crippen molar-refractivity contribution in [2.75, 3.05) is 13.7 Å². The van der Waals surface area contributed by atoms with Crippen molar-refractivity contribution >= 4 is 27.7 Å². The molecule has 2 rings (SSSR count). The second-order valence-electron chi connectivity index (χ2n) is 7.15. The summed E-state index contributed by atoms with van der Waals surface area (Å²) in [5.41, 5.74) is 4.18. The van der Waals surface area contributed by atoms with Gasteiger partial charge < -0.3 is 15.0 Å². The van der Waals surface area contributed by atoms with E-state index in [-0.39, 0.29) is 18.4 Å². The van der Waals surface area contributed by atoms with Gasteiger partial charge in [-0.2, -0.15) is 0 Å². The number of ether oxygens (including phenoxy) is 1. The minimum Gasteiger partial charge on any atom is -0.484 e. The number of rotatable bonds is 8. The van der Waals surface area contributed by atoms with E-state index in [9.17, 15) is 9.59 Å². The van der Waals surface area contributed by atoms with Crippen molar-refractivity contribution in [3.63, 3.8) is 0 Å². The minimum atomic E-state index is -0.552. The van der Waals surface area contributed by atoms with Crippen LogP contribution in [0.15, 0.2) is 40.9 Å². The number of halogens is 1. The molecule has 6 heteroatoms. The number of amides is 2. The Kier molecular flexibility index (Phi) is 8.26. The third kappa shape index (κ3) is 5.82. The molecule has 2 aromatic carbocycles. The van der Waals surface area contributed by atoms with Crippen LogP contribution in [0.2, 0.25) is 0 Å². The second-order valence-corrected chi connectivity index (χ2v) is 7.94. The zero-order valence-electron chi connectivity index (χ0n) is 17.7. The third-order valence-electron chi connectivity index (χ3n) is 5.01. The average molecular weight is 461 g/mol. The van der Waals surface area contributed by atoms with Gasteiger partial charge in [0.1, 0.15) is 11.8 Å². The van der Waals surface area contributed by atoms with Crippen LogP contribution in [0.3, 0.4) is 0 Å². The normalized spacial score (nSPS) is 11.7. The van der Waals surface area contributed by atoms with Gasteiger partial charge in [0.15, 0.2) is 6.61 Å². The van der Waals surface area contributed by atoms with Crippen LogP contribution in [0.5, 0.6) is 5.75 Å². The molecule has 0 saturated carbocycles. The fourth-order valence-electron chi connectivity index (χ4n) is 3.27. The van der Waals surface area contributed by atoms with Gasteiger partial charge >= 0.3 is 0 Å². The Morgan fingerprint density at radius 1 is 1.10 bits per heavy atom. The van der Waals surface area contributed by atoms with Crippen LogP contribution in [-0.4, -0.2) is 36.4 Å². The van der Waals surface area contributed by atoms with Crippen molar-refractivity contribution in [2.45, 2.75) is 46.7 Å². The average Bonchev–Trinajstić information content (AvgIpc) is 2.70. The maximum atomic E-state index is 13.1. The molecule has 156 valence electrons. The molecule has 0 aromatic heterocycles. The lowest BCUT2D eigenvalue weighted by atomic mass is 10.1. The molecule has 2 amide bonds. The van der Waals surface area contributed by atoms with E-state index >= 15 is 0 Å². The number of nitrogens with zero attached hydrogens (tertiary/aromatic N) is 1. The van der Waals surface area contributed by atoms with E-state index < -0.39 is 6.04 Å². The molecule has 0 fully saturated rings. The van der Waals surface area contributed by atoms with Crippen molar-refractivity contribution in [1.29, 1.82) is 0 Å². The molecule has 0 aliphatic heterocycles. The van der Waals surface area contributed by atoms with E-state index in [4.69, 9.17) is 4.74 Å². The molecule has 0 spiro atoms. The van der Waals surface area contributed by atoms with E-state index in [0.717, 1.165) is 26.7 Å². The van der Waals surface area contributed by atoms with Crippen molar-refractivity contribution in [3.8, 4) is 5.75 Å². The van der Waals surface area contributed by atoms with Crippen LogP contribution in [0.1, 0.15) is 35.6 Å². The maximum absolute atomic E-state index is 13.1. The van der Waals surface area contributed by atoms with Gasteiger partial charge in [-0.1, -0.05) is 47.1 Å². The number of carbonyl (C=O) groups is 2. The number of aryl methyl sites for hydroxylation is 3. The second kappa shape index (κ2) is 10.4. The molecule has 0 aliphatic rings. The van der Waals surface area contributed by atoms with Gasteiger partial charge in [-0.3, -0.25) is 9.59 Å². The molecule has 0 saturated heterocycles. The van der Waals surface area contributed by atoms with Gasteiger partial charge in [-0.15, -0.1) is 0 Å². The highest BCUT2D eigenvalue weighted by Gasteiger charge is 2.28. The molecule has 0 heterocycles. The Morgan fingerprint density at radius 3 is 2.28 bits per heavy atom. The predicted molar refractivity (Wildman–Crippen MR) is 119 cm³/mol. The van der Waals surface area contributed by atoms with E-state index in [1.165, 1.54) is 0 Å². The molecule has 5 nitrogen and oxygen atoms in total. The van der Waals surface area contributed by atoms with Crippen molar-refractivity contribution in [1.82, 2.24) is 10.2 Å². The standard InChI is InChI=1S/C23H29BrN2O3/c1-6-20(23(28)25-5)26(13-18-10-8-7-9-15(18)2)21(27)14-29-19-11-16(3)22(24)17(4)12-19/h7-12,20H,6,13-14H2,1-5H3,(H,25,28)/t20-/m1/s1. The zero-order valence-corrected chi connectivity index (χ0v) is 19.3. The molecule has 29 heavy (non-hydrogen) atoms. The first kappa shape index (κ1) is 22.9. The Balaban J connectivity index is 2.24. The van der Waals surface area contributed by atoms with Crippen molar-refractivity contribution in [3.05, 3.63) is 63.1 Å². The highest BCUT2D eigenvalue weighted by Crippen LogP contribution is 2.26. The molecule has 0 aliphatic carbocycles. The van der Waals surface area contributed by atoms with Crippen LogP contribution in [0.4, 0.5) is 0 Å². The van der Waals surface area contributed by atoms with Gasteiger partial charge in [0.2, 0.25) is 5.91 Å². The molecule has 1 N–H and O–H groups in total. The first-order valence-electron chi connectivity index (χ1n) is 9.73. The largest absolute Gasteiger partial charge is 0.484 e. The Bertz CT molecular complexity index is 859. The fourth-order valence-corrected chi connectivity index (χ4v) is 3.50. The predicted octanol–water partition coefficient (Wildman–Crippen LogP) is 4.31. The summed E-state index contributed by atoms with van der Waals surface area (Å²) in [7, 11) is 1.59. The van der Waals surface area contributed by atoms with E-state index in [1.54, 1.807) is 11.9 Å². The summed E-state index contributed by atoms with van der Waals surface area (Å²) >= 11 is 3.54. The van der Waals surface area contributed by atoms with Crippen molar-refractivity contribution in [2.24, 2.45) is 0 Å². The lowest BCUT2D eigenvalue weighted by Crippen LogP contribution is -2.49. The number of hydrogen-bond acceptors (Lipinski definition) is 3. The number of likely N-dealkylation sites (N-methyl/N-ethyl adjacent to an activating group) is 1. The molecular formula is C23H29BrN2O3. The monoisotopic (exact) mass is 460 g/mol. The van der Waals surface area contributed by atoms with Gasteiger partial charge in [0, 0.05) is 18.1 Å². The number of carbonyl (C=O) groups excluding carboxylic acids is 2. The molecule has 0 radical (unpaired) electrons.